The van der Waals surface area contributed by atoms with E-state index in [1.165, 1.54) is 0 Å². The molecule has 0 aliphatic rings. The van der Waals surface area contributed by atoms with E-state index in [-0.39, 0.29) is 0 Å². The van der Waals surface area contributed by atoms with Crippen LogP contribution in [0.3, 0.4) is 0 Å². The Balaban J connectivity index is 0.999. The van der Waals surface area contributed by atoms with Crippen molar-refractivity contribution in [1.29, 1.82) is 0 Å². The Hall–Kier alpha value is -8.15. The molecule has 0 saturated carbocycles. The lowest BCUT2D eigenvalue weighted by Crippen LogP contribution is -2.11. The second kappa shape index (κ2) is 13.8. The van der Waals surface area contributed by atoms with Crippen molar-refractivity contribution in [3.05, 3.63) is 206 Å². The van der Waals surface area contributed by atoms with Crippen LogP contribution in [0.4, 0.5) is 17.1 Å². The van der Waals surface area contributed by atoms with Gasteiger partial charge in [0.1, 0.15) is 27.8 Å². The number of fused-ring (bicyclic) bond motifs is 8. The fourth-order valence-corrected chi connectivity index (χ4v) is 8.70. The second-order valence-electron chi connectivity index (χ2n) is 15.1. The third-order valence-electron chi connectivity index (χ3n) is 11.5. The van der Waals surface area contributed by atoms with Crippen molar-refractivity contribution >= 4 is 72.0 Å². The van der Waals surface area contributed by atoms with E-state index in [0.717, 1.165) is 111 Å². The highest BCUT2D eigenvalue weighted by molar-refractivity contribution is 6.20. The highest BCUT2D eigenvalue weighted by atomic mass is 16.4. The Morgan fingerprint density at radius 2 is 0.883 bits per heavy atom. The Kier molecular flexibility index (Phi) is 7.78. The number of nitrogens with zero attached hydrogens (tertiary/aromatic N) is 2. The van der Waals surface area contributed by atoms with Gasteiger partial charge < -0.3 is 18.2 Å². The maximum Gasteiger partial charge on any atom is 0.227 e. The van der Waals surface area contributed by atoms with Gasteiger partial charge in [0.2, 0.25) is 5.89 Å². The molecule has 5 nitrogen and oxygen atoms in total. The van der Waals surface area contributed by atoms with Gasteiger partial charge in [-0.05, 0) is 77.4 Å². The van der Waals surface area contributed by atoms with Gasteiger partial charge in [-0.3, -0.25) is 0 Å². The number of hydrogen-bond donors (Lipinski definition) is 0. The quantitative estimate of drug-likeness (QED) is 0.162. The van der Waals surface area contributed by atoms with Crippen LogP contribution in [-0.2, 0) is 0 Å². The zero-order valence-electron chi connectivity index (χ0n) is 32.2. The average molecular weight is 771 g/mol. The lowest BCUT2D eigenvalue weighted by atomic mass is 9.99. The van der Waals surface area contributed by atoms with Gasteiger partial charge in [-0.15, -0.1) is 0 Å². The molecule has 12 aromatic rings. The van der Waals surface area contributed by atoms with Crippen molar-refractivity contribution in [2.45, 2.75) is 0 Å². The monoisotopic (exact) mass is 770 g/mol. The van der Waals surface area contributed by atoms with E-state index in [2.05, 4.69) is 150 Å². The summed E-state index contributed by atoms with van der Waals surface area (Å²) in [6, 6.07) is 71.6. The molecule has 0 unspecified atom stereocenters. The molecule has 12 rings (SSSR count). The van der Waals surface area contributed by atoms with E-state index in [9.17, 15) is 0 Å². The van der Waals surface area contributed by atoms with Crippen molar-refractivity contribution < 1.29 is 13.3 Å². The zero-order valence-corrected chi connectivity index (χ0v) is 32.2. The van der Waals surface area contributed by atoms with E-state index < -0.39 is 0 Å². The number of benzene rings is 9. The van der Waals surface area contributed by atoms with Gasteiger partial charge in [-0.1, -0.05) is 146 Å². The molecular formula is C55H34N2O3. The first-order valence-electron chi connectivity index (χ1n) is 20.1. The number of hydrogen-bond acceptors (Lipinski definition) is 5. The van der Waals surface area contributed by atoms with Crippen LogP contribution >= 0.6 is 0 Å². The molecule has 60 heavy (non-hydrogen) atoms. The van der Waals surface area contributed by atoms with Gasteiger partial charge in [-0.2, -0.15) is 0 Å². The van der Waals surface area contributed by atoms with Crippen molar-refractivity contribution in [1.82, 2.24) is 4.98 Å². The summed E-state index contributed by atoms with van der Waals surface area (Å²) in [5, 5.41) is 4.16. The molecule has 0 amide bonds. The smallest absolute Gasteiger partial charge is 0.227 e. The number of anilines is 3. The first-order chi connectivity index (χ1) is 29.7. The molecule has 0 atom stereocenters. The van der Waals surface area contributed by atoms with Gasteiger partial charge in [0, 0.05) is 49.8 Å². The Bertz CT molecular complexity index is 3530. The molecule has 0 N–H and O–H groups in total. The molecule has 5 heteroatoms. The van der Waals surface area contributed by atoms with E-state index in [1.807, 2.05) is 60.7 Å². The fourth-order valence-electron chi connectivity index (χ4n) is 8.70. The maximum absolute atomic E-state index is 6.63. The molecule has 0 fully saturated rings. The zero-order chi connectivity index (χ0) is 39.6. The largest absolute Gasteiger partial charge is 0.455 e. The molecule has 0 saturated heterocycles. The number of aromatic nitrogens is 1. The van der Waals surface area contributed by atoms with E-state index >= 15 is 0 Å². The lowest BCUT2D eigenvalue weighted by molar-refractivity contribution is 0.622. The van der Waals surface area contributed by atoms with Crippen molar-refractivity contribution in [3.8, 4) is 44.8 Å². The van der Waals surface area contributed by atoms with Gasteiger partial charge >= 0.3 is 0 Å². The van der Waals surface area contributed by atoms with Crippen LogP contribution < -0.4 is 4.90 Å². The topological polar surface area (TPSA) is 55.6 Å². The third kappa shape index (κ3) is 5.52. The molecule has 0 aliphatic carbocycles. The van der Waals surface area contributed by atoms with E-state index in [0.29, 0.717) is 5.89 Å². The number of para-hydroxylation sites is 4. The van der Waals surface area contributed by atoms with Crippen LogP contribution in [0.1, 0.15) is 0 Å². The van der Waals surface area contributed by atoms with E-state index in [4.69, 9.17) is 18.2 Å². The minimum Gasteiger partial charge on any atom is -0.455 e. The first-order valence-corrected chi connectivity index (χ1v) is 20.1. The predicted octanol–water partition coefficient (Wildman–Crippen LogP) is 15.8. The summed E-state index contributed by atoms with van der Waals surface area (Å²) in [6.07, 6.45) is 0. The Labute approximate surface area is 345 Å². The molecule has 0 aliphatic heterocycles. The summed E-state index contributed by atoms with van der Waals surface area (Å²) < 4.78 is 19.6. The van der Waals surface area contributed by atoms with Crippen molar-refractivity contribution in [2.24, 2.45) is 0 Å². The summed E-state index contributed by atoms with van der Waals surface area (Å²) in [5.41, 5.74) is 15.3. The molecule has 0 bridgehead atoms. The first kappa shape index (κ1) is 33.9. The molecule has 0 radical (unpaired) electrons. The standard InChI is InChI=1S/C55H34N2O3/c1-3-14-35(15-4-1)41-18-7-10-23-48(41)57(39-30-26-36(27-31-39)42-21-13-22-44-43-19-8-11-24-49(43)58-52(42)44)40-32-28-37(29-33-40)46-34-47-54(60-55(56-47)38-16-5-2-6-17-38)51-45-20-9-12-25-50(45)59-53(46)51/h1-34H. The van der Waals surface area contributed by atoms with Crippen LogP contribution in [0.25, 0.3) is 99.8 Å². The minimum atomic E-state index is 0.581. The molecule has 282 valence electrons. The lowest BCUT2D eigenvalue weighted by Gasteiger charge is -2.28. The fraction of sp³-hybridized carbons (Fsp3) is 0. The Morgan fingerprint density at radius 1 is 0.350 bits per heavy atom. The summed E-state index contributed by atoms with van der Waals surface area (Å²) in [7, 11) is 0. The van der Waals surface area contributed by atoms with Crippen LogP contribution in [0.15, 0.2) is 220 Å². The SMILES string of the molecule is c1ccc(-c2nc3cc(-c4ccc(N(c5ccc(-c6cccc7c6oc6ccccc67)cc5)c5ccccc5-c5ccccc5)cc4)c4oc5ccccc5c4c3o2)cc1. The highest BCUT2D eigenvalue weighted by Gasteiger charge is 2.23. The summed E-state index contributed by atoms with van der Waals surface area (Å²) in [4.78, 5) is 7.34. The summed E-state index contributed by atoms with van der Waals surface area (Å²) in [5.74, 6) is 0.581. The van der Waals surface area contributed by atoms with Crippen molar-refractivity contribution in [2.75, 3.05) is 4.90 Å². The van der Waals surface area contributed by atoms with Gasteiger partial charge in [0.25, 0.3) is 0 Å². The molecule has 0 spiro atoms. The molecular weight excluding hydrogens is 737 g/mol. The number of furan rings is 2. The second-order valence-corrected chi connectivity index (χ2v) is 15.1. The van der Waals surface area contributed by atoms with Crippen LogP contribution in [-0.4, -0.2) is 4.98 Å². The van der Waals surface area contributed by atoms with Gasteiger partial charge in [-0.25, -0.2) is 4.98 Å². The number of oxazole rings is 1. The normalized spacial score (nSPS) is 11.7. The molecule has 9 aromatic carbocycles. The maximum atomic E-state index is 6.63. The Morgan fingerprint density at radius 3 is 1.62 bits per heavy atom. The average Bonchev–Trinajstić information content (AvgIpc) is 4.04. The van der Waals surface area contributed by atoms with E-state index in [1.54, 1.807) is 0 Å². The van der Waals surface area contributed by atoms with Crippen molar-refractivity contribution in [3.63, 3.8) is 0 Å². The van der Waals surface area contributed by atoms with Crippen LogP contribution in [0, 0.1) is 0 Å². The third-order valence-corrected chi connectivity index (χ3v) is 11.5. The minimum absolute atomic E-state index is 0.581. The number of rotatable bonds is 7. The molecule has 3 aromatic heterocycles. The van der Waals surface area contributed by atoms with Crippen LogP contribution in [0.5, 0.6) is 0 Å². The van der Waals surface area contributed by atoms with Crippen LogP contribution in [0.2, 0.25) is 0 Å². The van der Waals surface area contributed by atoms with Gasteiger partial charge in [0.15, 0.2) is 5.58 Å². The molecule has 3 heterocycles. The van der Waals surface area contributed by atoms with Gasteiger partial charge in [0.05, 0.1) is 11.1 Å². The highest BCUT2D eigenvalue weighted by Crippen LogP contribution is 2.45. The summed E-state index contributed by atoms with van der Waals surface area (Å²) in [6.45, 7) is 0. The predicted molar refractivity (Wildman–Crippen MR) is 245 cm³/mol. The summed E-state index contributed by atoms with van der Waals surface area (Å²) >= 11 is 0.